The highest BCUT2D eigenvalue weighted by Crippen LogP contribution is 2.20. The van der Waals surface area contributed by atoms with Gasteiger partial charge < -0.3 is 4.90 Å². The van der Waals surface area contributed by atoms with Crippen LogP contribution in [-0.2, 0) is 16.4 Å². The fourth-order valence-corrected chi connectivity index (χ4v) is 4.47. The Hall–Kier alpha value is -2.18. The molecule has 0 aliphatic carbocycles. The summed E-state index contributed by atoms with van der Waals surface area (Å²) in [6.07, 6.45) is 0. The second-order valence-corrected chi connectivity index (χ2v) is 9.14. The van der Waals surface area contributed by atoms with Crippen LogP contribution >= 0.6 is 0 Å². The van der Waals surface area contributed by atoms with Gasteiger partial charge in [-0.1, -0.05) is 43.3 Å². The molecular weight excluding hydrogens is 360 g/mol. The van der Waals surface area contributed by atoms with E-state index in [0.29, 0.717) is 13.1 Å². The number of carbonyl (C=O) groups excluding carboxylic acids is 1. The highest BCUT2D eigenvalue weighted by atomic mass is 32.2. The number of carbonyl (C=O) groups is 1. The summed E-state index contributed by atoms with van der Waals surface area (Å²) in [4.78, 5) is 17.2. The summed E-state index contributed by atoms with van der Waals surface area (Å²) < 4.78 is 24.6. The molecule has 27 heavy (non-hydrogen) atoms. The van der Waals surface area contributed by atoms with Gasteiger partial charge in [-0.05, 0) is 30.2 Å². The largest absolute Gasteiger partial charge is 0.336 e. The fourth-order valence-electron chi connectivity index (χ4n) is 3.38. The summed E-state index contributed by atoms with van der Waals surface area (Å²) in [5, 5.41) is 0. The Bertz CT molecular complexity index is 917. The second kappa shape index (κ2) is 8.23. The van der Waals surface area contributed by atoms with Crippen molar-refractivity contribution in [2.24, 2.45) is 0 Å². The van der Waals surface area contributed by atoms with Crippen LogP contribution in [0.25, 0.3) is 0 Å². The van der Waals surface area contributed by atoms with Crippen molar-refractivity contribution in [3.63, 3.8) is 0 Å². The molecular formula is C21H26N2O3S. The lowest BCUT2D eigenvalue weighted by molar-refractivity contribution is 0.0624. The van der Waals surface area contributed by atoms with Crippen LogP contribution < -0.4 is 0 Å². The summed E-state index contributed by atoms with van der Waals surface area (Å²) in [7, 11) is -3.43. The van der Waals surface area contributed by atoms with Gasteiger partial charge in [-0.15, -0.1) is 0 Å². The van der Waals surface area contributed by atoms with Crippen LogP contribution in [0, 0.1) is 6.92 Å². The maximum atomic E-state index is 12.9. The van der Waals surface area contributed by atoms with Crippen LogP contribution in [0.5, 0.6) is 0 Å². The van der Waals surface area contributed by atoms with Crippen molar-refractivity contribution in [3.8, 4) is 0 Å². The molecule has 1 aliphatic rings. The fraction of sp³-hybridized carbons (Fsp3) is 0.381. The Kier molecular flexibility index (Phi) is 5.97. The molecule has 0 bridgehead atoms. The van der Waals surface area contributed by atoms with Crippen molar-refractivity contribution < 1.29 is 13.2 Å². The molecule has 3 rings (SSSR count). The molecule has 0 saturated carbocycles. The van der Waals surface area contributed by atoms with E-state index in [1.807, 2.05) is 12.1 Å². The predicted octanol–water partition coefficient (Wildman–Crippen LogP) is 2.75. The number of benzene rings is 2. The molecule has 0 atom stereocenters. The number of aryl methyl sites for hydroxylation is 1. The Balaban J connectivity index is 1.69. The molecule has 6 heteroatoms. The van der Waals surface area contributed by atoms with E-state index in [1.54, 1.807) is 30.0 Å². The molecule has 1 fully saturated rings. The molecule has 1 aliphatic heterocycles. The zero-order valence-electron chi connectivity index (χ0n) is 15.9. The molecule has 0 aromatic heterocycles. The van der Waals surface area contributed by atoms with Gasteiger partial charge in [0, 0.05) is 32.7 Å². The van der Waals surface area contributed by atoms with Crippen molar-refractivity contribution in [1.29, 1.82) is 0 Å². The number of amides is 1. The number of nitrogens with zero attached hydrogens (tertiary/aromatic N) is 2. The molecule has 2 aromatic rings. The minimum atomic E-state index is -3.43. The summed E-state index contributed by atoms with van der Waals surface area (Å²) in [5.41, 5.74) is 2.86. The van der Waals surface area contributed by atoms with Gasteiger partial charge in [-0.2, -0.15) is 0 Å². The summed E-state index contributed by atoms with van der Waals surface area (Å²) in [5.74, 6) is -0.209. The average molecular weight is 387 g/mol. The number of hydrogen-bond donors (Lipinski definition) is 0. The molecule has 1 saturated heterocycles. The lowest BCUT2D eigenvalue weighted by atomic mass is 10.1. The first-order chi connectivity index (χ1) is 12.9. The Morgan fingerprint density at radius 2 is 1.59 bits per heavy atom. The second-order valence-electron chi connectivity index (χ2n) is 6.89. The Labute approximate surface area is 161 Å². The molecule has 0 radical (unpaired) electrons. The van der Waals surface area contributed by atoms with Gasteiger partial charge in [0.15, 0.2) is 9.84 Å². The van der Waals surface area contributed by atoms with E-state index in [0.717, 1.165) is 19.6 Å². The zero-order chi connectivity index (χ0) is 19.4. The lowest BCUT2D eigenvalue weighted by Crippen LogP contribution is -2.48. The van der Waals surface area contributed by atoms with Gasteiger partial charge in [0.05, 0.1) is 16.2 Å². The van der Waals surface area contributed by atoms with Crippen LogP contribution in [0.3, 0.4) is 0 Å². The van der Waals surface area contributed by atoms with E-state index < -0.39 is 9.84 Å². The lowest BCUT2D eigenvalue weighted by Gasteiger charge is -2.35. The van der Waals surface area contributed by atoms with Crippen molar-refractivity contribution in [1.82, 2.24) is 9.80 Å². The zero-order valence-corrected chi connectivity index (χ0v) is 16.7. The van der Waals surface area contributed by atoms with Crippen molar-refractivity contribution in [3.05, 3.63) is 65.2 Å². The third-order valence-corrected chi connectivity index (χ3v) is 6.93. The monoisotopic (exact) mass is 386 g/mol. The smallest absolute Gasteiger partial charge is 0.255 e. The molecule has 2 aromatic carbocycles. The summed E-state index contributed by atoms with van der Waals surface area (Å²) in [6.45, 7) is 7.35. The SMILES string of the molecule is CCS(=O)(=O)c1ccccc1C(=O)N1CCN(Cc2ccccc2C)CC1. The number of sulfone groups is 1. The van der Waals surface area contributed by atoms with E-state index in [1.165, 1.54) is 17.2 Å². The highest BCUT2D eigenvalue weighted by Gasteiger charge is 2.27. The molecule has 0 unspecified atom stereocenters. The van der Waals surface area contributed by atoms with Gasteiger partial charge in [-0.3, -0.25) is 9.69 Å². The maximum absolute atomic E-state index is 12.9. The Morgan fingerprint density at radius 1 is 0.963 bits per heavy atom. The van der Waals surface area contributed by atoms with Crippen LogP contribution in [-0.4, -0.2) is 56.1 Å². The average Bonchev–Trinajstić information content (AvgIpc) is 2.70. The van der Waals surface area contributed by atoms with Gasteiger partial charge in [-0.25, -0.2) is 8.42 Å². The van der Waals surface area contributed by atoms with Crippen molar-refractivity contribution in [2.45, 2.75) is 25.3 Å². The normalized spacial score (nSPS) is 15.7. The van der Waals surface area contributed by atoms with Gasteiger partial charge in [0.25, 0.3) is 5.91 Å². The van der Waals surface area contributed by atoms with Crippen molar-refractivity contribution >= 4 is 15.7 Å². The molecule has 144 valence electrons. The molecule has 5 nitrogen and oxygen atoms in total. The third kappa shape index (κ3) is 4.39. The predicted molar refractivity (Wildman–Crippen MR) is 107 cm³/mol. The quantitative estimate of drug-likeness (QED) is 0.793. The van der Waals surface area contributed by atoms with Gasteiger partial charge in [0.1, 0.15) is 0 Å². The van der Waals surface area contributed by atoms with E-state index in [9.17, 15) is 13.2 Å². The molecule has 0 spiro atoms. The van der Waals surface area contributed by atoms with Crippen LogP contribution in [0.2, 0.25) is 0 Å². The topological polar surface area (TPSA) is 57.7 Å². The highest BCUT2D eigenvalue weighted by molar-refractivity contribution is 7.91. The molecule has 0 N–H and O–H groups in total. The van der Waals surface area contributed by atoms with Crippen LogP contribution in [0.1, 0.15) is 28.4 Å². The summed E-state index contributed by atoms with van der Waals surface area (Å²) in [6, 6.07) is 14.9. The number of rotatable bonds is 5. The van der Waals surface area contributed by atoms with Gasteiger partial charge in [0.2, 0.25) is 0 Å². The van der Waals surface area contributed by atoms with E-state index in [2.05, 4.69) is 24.0 Å². The van der Waals surface area contributed by atoms with E-state index in [-0.39, 0.29) is 22.1 Å². The minimum Gasteiger partial charge on any atom is -0.336 e. The minimum absolute atomic E-state index is 0.0124. The summed E-state index contributed by atoms with van der Waals surface area (Å²) >= 11 is 0. The van der Waals surface area contributed by atoms with Crippen molar-refractivity contribution in [2.75, 3.05) is 31.9 Å². The maximum Gasteiger partial charge on any atom is 0.255 e. The third-order valence-electron chi connectivity index (χ3n) is 5.15. The number of piperazine rings is 1. The van der Waals surface area contributed by atoms with Crippen LogP contribution in [0.4, 0.5) is 0 Å². The van der Waals surface area contributed by atoms with E-state index >= 15 is 0 Å². The number of hydrogen-bond acceptors (Lipinski definition) is 4. The first-order valence-corrected chi connectivity index (χ1v) is 11.0. The standard InChI is InChI=1S/C21H26N2O3S/c1-3-27(25,26)20-11-7-6-10-19(20)21(24)23-14-12-22(13-15-23)16-18-9-5-4-8-17(18)2/h4-11H,3,12-16H2,1-2H3. The first kappa shape index (κ1) is 19.6. The van der Waals surface area contributed by atoms with E-state index in [4.69, 9.17) is 0 Å². The van der Waals surface area contributed by atoms with Crippen LogP contribution in [0.15, 0.2) is 53.4 Å². The first-order valence-electron chi connectivity index (χ1n) is 9.30. The molecule has 1 heterocycles. The molecule has 1 amide bonds. The van der Waals surface area contributed by atoms with Gasteiger partial charge >= 0.3 is 0 Å². The Morgan fingerprint density at radius 3 is 2.26 bits per heavy atom.